The fourth-order valence-corrected chi connectivity index (χ4v) is 1.62. The van der Waals surface area contributed by atoms with Crippen molar-refractivity contribution in [1.82, 2.24) is 15.0 Å². The smallest absolute Gasteiger partial charge is 0.193 e. The van der Waals surface area contributed by atoms with Gasteiger partial charge in [-0.2, -0.15) is 0 Å². The molecule has 2 N–H and O–H groups in total. The number of anilines is 1. The van der Waals surface area contributed by atoms with E-state index in [1.807, 2.05) is 19.1 Å². The topological polar surface area (TPSA) is 64.7 Å². The van der Waals surface area contributed by atoms with Crippen LogP contribution < -0.4 is 5.73 Å². The molecule has 0 spiro atoms. The average molecular weight is 218 g/mol. The molecule has 2 heterocycles. The molecule has 0 radical (unpaired) electrons. The Bertz CT molecular complexity index is 394. The molecule has 0 amide bonds. The van der Waals surface area contributed by atoms with E-state index in [4.69, 9.17) is 5.73 Å². The highest BCUT2D eigenvalue weighted by atomic mass is 32.2. The zero-order chi connectivity index (χ0) is 10.7. The van der Waals surface area contributed by atoms with Crippen molar-refractivity contribution in [1.29, 1.82) is 0 Å². The van der Waals surface area contributed by atoms with Crippen molar-refractivity contribution in [2.24, 2.45) is 0 Å². The third-order valence-corrected chi connectivity index (χ3v) is 2.56. The Morgan fingerprint density at radius 2 is 1.80 bits per heavy atom. The summed E-state index contributed by atoms with van der Waals surface area (Å²) in [5.41, 5.74) is 7.24. The maximum Gasteiger partial charge on any atom is 0.193 e. The summed E-state index contributed by atoms with van der Waals surface area (Å²) in [5.74, 6) is 0. The number of aryl methyl sites for hydroxylation is 1. The Morgan fingerprint density at radius 1 is 1.07 bits per heavy atom. The summed E-state index contributed by atoms with van der Waals surface area (Å²) in [6.45, 7) is 1.95. The fraction of sp³-hybridized carbons (Fsp3) is 0.100. The molecule has 0 aliphatic rings. The van der Waals surface area contributed by atoms with E-state index in [-0.39, 0.29) is 0 Å². The van der Waals surface area contributed by atoms with Gasteiger partial charge in [-0.25, -0.2) is 15.0 Å². The molecular formula is C10H10N4S. The third-order valence-electron chi connectivity index (χ3n) is 1.71. The quantitative estimate of drug-likeness (QED) is 0.780. The number of rotatable bonds is 2. The zero-order valence-corrected chi connectivity index (χ0v) is 9.03. The molecule has 2 aromatic heterocycles. The predicted octanol–water partition coefficient (Wildman–Crippen LogP) is 1.91. The minimum atomic E-state index is 0.657. The lowest BCUT2D eigenvalue weighted by atomic mass is 10.4. The van der Waals surface area contributed by atoms with Crippen LogP contribution in [-0.2, 0) is 0 Å². The van der Waals surface area contributed by atoms with Crippen LogP contribution in [0.1, 0.15) is 5.56 Å². The molecule has 2 rings (SSSR count). The summed E-state index contributed by atoms with van der Waals surface area (Å²) in [5, 5.41) is 1.53. The lowest BCUT2D eigenvalue weighted by Gasteiger charge is -1.99. The van der Waals surface area contributed by atoms with Gasteiger partial charge < -0.3 is 5.73 Å². The Labute approximate surface area is 92.0 Å². The summed E-state index contributed by atoms with van der Waals surface area (Å²) in [4.78, 5) is 12.5. The summed E-state index contributed by atoms with van der Waals surface area (Å²) < 4.78 is 0. The Kier molecular flexibility index (Phi) is 2.82. The minimum absolute atomic E-state index is 0.657. The summed E-state index contributed by atoms with van der Waals surface area (Å²) >= 11 is 1.42. The van der Waals surface area contributed by atoms with Gasteiger partial charge in [-0.05, 0) is 36.4 Å². The number of pyridine rings is 1. The number of nitrogens with zero attached hydrogens (tertiary/aromatic N) is 3. The first-order valence-corrected chi connectivity index (χ1v) is 5.24. The van der Waals surface area contributed by atoms with E-state index in [1.165, 1.54) is 11.8 Å². The van der Waals surface area contributed by atoms with Gasteiger partial charge in [0.05, 0.1) is 11.9 Å². The second kappa shape index (κ2) is 4.27. The van der Waals surface area contributed by atoms with Gasteiger partial charge >= 0.3 is 0 Å². The van der Waals surface area contributed by atoms with E-state index in [2.05, 4.69) is 15.0 Å². The second-order valence-corrected chi connectivity index (χ2v) is 4.06. The first-order valence-electron chi connectivity index (χ1n) is 4.42. The van der Waals surface area contributed by atoms with Gasteiger partial charge in [0.1, 0.15) is 5.03 Å². The van der Waals surface area contributed by atoms with Crippen molar-refractivity contribution in [3.8, 4) is 0 Å². The molecule has 2 aromatic rings. The molecule has 0 fully saturated rings. The van der Waals surface area contributed by atoms with Gasteiger partial charge in [0.25, 0.3) is 0 Å². The van der Waals surface area contributed by atoms with E-state index in [0.717, 1.165) is 10.6 Å². The highest BCUT2D eigenvalue weighted by Crippen LogP contribution is 2.22. The van der Waals surface area contributed by atoms with Crippen molar-refractivity contribution < 1.29 is 0 Å². The molecule has 0 aromatic carbocycles. The predicted molar refractivity (Wildman–Crippen MR) is 59.5 cm³/mol. The fourth-order valence-electron chi connectivity index (χ4n) is 0.979. The lowest BCUT2D eigenvalue weighted by molar-refractivity contribution is 0.945. The van der Waals surface area contributed by atoms with Crippen LogP contribution in [0.3, 0.4) is 0 Å². The number of hydrogen-bond donors (Lipinski definition) is 1. The van der Waals surface area contributed by atoms with Crippen LogP contribution in [0.4, 0.5) is 5.69 Å². The first kappa shape index (κ1) is 9.92. The average Bonchev–Trinajstić information content (AvgIpc) is 2.25. The van der Waals surface area contributed by atoms with Gasteiger partial charge in [0.15, 0.2) is 5.16 Å². The van der Waals surface area contributed by atoms with Crippen LogP contribution in [0.25, 0.3) is 0 Å². The van der Waals surface area contributed by atoms with Crippen LogP contribution >= 0.6 is 11.8 Å². The van der Waals surface area contributed by atoms with Crippen molar-refractivity contribution in [3.63, 3.8) is 0 Å². The molecule has 0 bridgehead atoms. The SMILES string of the molecule is Cc1cnc(Sc2ccc(N)cn2)nc1. The van der Waals surface area contributed by atoms with Crippen LogP contribution in [0.5, 0.6) is 0 Å². The Morgan fingerprint density at radius 3 is 2.40 bits per heavy atom. The molecule has 4 nitrogen and oxygen atoms in total. The molecule has 0 saturated heterocycles. The van der Waals surface area contributed by atoms with Gasteiger partial charge in [0.2, 0.25) is 0 Å². The van der Waals surface area contributed by atoms with Crippen molar-refractivity contribution in [2.75, 3.05) is 5.73 Å². The highest BCUT2D eigenvalue weighted by Gasteiger charge is 2.00. The molecule has 5 heteroatoms. The van der Waals surface area contributed by atoms with E-state index in [1.54, 1.807) is 18.6 Å². The van der Waals surface area contributed by atoms with Gasteiger partial charge in [-0.3, -0.25) is 0 Å². The number of nitrogens with two attached hydrogens (primary N) is 1. The lowest BCUT2D eigenvalue weighted by Crippen LogP contribution is -1.89. The van der Waals surface area contributed by atoms with Crippen LogP contribution in [0, 0.1) is 6.92 Å². The summed E-state index contributed by atoms with van der Waals surface area (Å²) in [7, 11) is 0. The third kappa shape index (κ3) is 2.66. The zero-order valence-electron chi connectivity index (χ0n) is 8.21. The molecular weight excluding hydrogens is 208 g/mol. The van der Waals surface area contributed by atoms with Gasteiger partial charge in [-0.15, -0.1) is 0 Å². The van der Waals surface area contributed by atoms with Crippen molar-refractivity contribution in [2.45, 2.75) is 17.1 Å². The van der Waals surface area contributed by atoms with Gasteiger partial charge in [0, 0.05) is 12.4 Å². The molecule has 0 unspecified atom stereocenters. The number of nitrogen functional groups attached to an aromatic ring is 1. The molecule has 15 heavy (non-hydrogen) atoms. The molecule has 0 aliphatic carbocycles. The maximum absolute atomic E-state index is 5.54. The van der Waals surface area contributed by atoms with Gasteiger partial charge in [-0.1, -0.05) is 0 Å². The number of aromatic nitrogens is 3. The van der Waals surface area contributed by atoms with Crippen LogP contribution in [0.15, 0.2) is 40.9 Å². The number of hydrogen-bond acceptors (Lipinski definition) is 5. The largest absolute Gasteiger partial charge is 0.397 e. The molecule has 0 aliphatic heterocycles. The maximum atomic E-state index is 5.54. The summed E-state index contributed by atoms with van der Waals surface area (Å²) in [6, 6.07) is 3.66. The molecule has 0 saturated carbocycles. The van der Waals surface area contributed by atoms with E-state index < -0.39 is 0 Å². The second-order valence-electron chi connectivity index (χ2n) is 3.07. The van der Waals surface area contributed by atoms with E-state index in [0.29, 0.717) is 10.8 Å². The van der Waals surface area contributed by atoms with E-state index >= 15 is 0 Å². The monoisotopic (exact) mass is 218 g/mol. The van der Waals surface area contributed by atoms with Crippen LogP contribution in [0.2, 0.25) is 0 Å². The standard InChI is InChI=1S/C10H10N4S/c1-7-4-13-10(14-5-7)15-9-3-2-8(11)6-12-9/h2-6H,11H2,1H3. The van der Waals surface area contributed by atoms with Crippen molar-refractivity contribution >= 4 is 17.4 Å². The highest BCUT2D eigenvalue weighted by molar-refractivity contribution is 7.99. The first-order chi connectivity index (χ1) is 7.24. The normalized spacial score (nSPS) is 10.2. The Balaban J connectivity index is 2.15. The summed E-state index contributed by atoms with van der Waals surface area (Å²) in [6.07, 6.45) is 5.19. The molecule has 0 atom stereocenters. The van der Waals surface area contributed by atoms with Crippen LogP contribution in [-0.4, -0.2) is 15.0 Å². The van der Waals surface area contributed by atoms with E-state index in [9.17, 15) is 0 Å². The van der Waals surface area contributed by atoms with Crippen molar-refractivity contribution in [3.05, 3.63) is 36.3 Å². The minimum Gasteiger partial charge on any atom is -0.397 e. The molecule has 76 valence electrons. The Hall–Kier alpha value is -1.62.